The molecule has 2 aromatic heterocycles. The van der Waals surface area contributed by atoms with Crippen LogP contribution in [0.2, 0.25) is 0 Å². The van der Waals surface area contributed by atoms with E-state index in [4.69, 9.17) is 28.0 Å². The van der Waals surface area contributed by atoms with Crippen molar-refractivity contribution in [3.63, 3.8) is 0 Å². The first-order chi connectivity index (χ1) is 23.0. The minimum atomic E-state index is -4.59. The number of hydrogen-bond acceptors (Lipinski definition) is 13. The molecule has 0 radical (unpaired) electrons. The number of carbonyl (C=O) groups excluding carboxylic acids is 3. The van der Waals surface area contributed by atoms with E-state index in [-0.39, 0.29) is 11.4 Å². The van der Waals surface area contributed by atoms with Gasteiger partial charge < -0.3 is 24.3 Å². The highest BCUT2D eigenvalue weighted by Crippen LogP contribution is 2.52. The van der Waals surface area contributed by atoms with Crippen LogP contribution in [0.25, 0.3) is 23.1 Å². The maximum absolute atomic E-state index is 14.5. The number of nitrogens with one attached hydrogen (secondary N) is 1. The van der Waals surface area contributed by atoms with Gasteiger partial charge in [-0.2, -0.15) is 9.55 Å². The lowest BCUT2D eigenvalue weighted by atomic mass is 10.2. The van der Waals surface area contributed by atoms with Crippen molar-refractivity contribution in [2.45, 2.75) is 49.7 Å². The van der Waals surface area contributed by atoms with Crippen LogP contribution in [0, 0.1) is 0 Å². The fraction of sp³-hybridized carbons (Fsp3) is 0.281. The smallest absolute Gasteiger partial charge is 0.432 e. The molecule has 0 aliphatic carbocycles. The predicted octanol–water partition coefficient (Wildman–Crippen LogP) is 7.14. The van der Waals surface area contributed by atoms with Gasteiger partial charge in [-0.1, -0.05) is 30.0 Å². The molecule has 2 aromatic carbocycles. The number of carbonyl (C=O) groups is 3. The first-order valence-corrected chi connectivity index (χ1v) is 17.0. The van der Waals surface area contributed by atoms with Gasteiger partial charge in [-0.3, -0.25) is 18.8 Å². The number of pyridine rings is 1. The third-order valence-corrected chi connectivity index (χ3v) is 8.73. The van der Waals surface area contributed by atoms with Gasteiger partial charge in [-0.05, 0) is 82.3 Å². The Labute approximate surface area is 281 Å². The molecule has 4 rings (SSSR count). The Bertz CT molecular complexity index is 1780. The van der Waals surface area contributed by atoms with E-state index in [1.54, 1.807) is 95.6 Å². The van der Waals surface area contributed by atoms with Crippen molar-refractivity contribution in [1.29, 1.82) is 0 Å². The van der Waals surface area contributed by atoms with E-state index in [0.29, 0.717) is 32.1 Å². The number of ether oxygens (including phenoxy) is 4. The van der Waals surface area contributed by atoms with Crippen LogP contribution in [0.1, 0.15) is 49.4 Å². The van der Waals surface area contributed by atoms with Crippen molar-refractivity contribution < 1.29 is 46.9 Å². The first-order valence-electron chi connectivity index (χ1n) is 14.7. The zero-order valence-electron chi connectivity index (χ0n) is 26.9. The van der Waals surface area contributed by atoms with Gasteiger partial charge in [0.15, 0.2) is 0 Å². The zero-order chi connectivity index (χ0) is 34.7. The summed E-state index contributed by atoms with van der Waals surface area (Å²) in [6.45, 7) is 4.80. The Morgan fingerprint density at radius 3 is 2.15 bits per heavy atom. The van der Waals surface area contributed by atoms with Crippen LogP contribution >= 0.6 is 19.5 Å². The molecule has 1 N–H and O–H groups in total. The number of fused-ring (bicyclic) bond motifs is 1. The van der Waals surface area contributed by atoms with Crippen molar-refractivity contribution >= 4 is 60.8 Å². The number of benzene rings is 2. The van der Waals surface area contributed by atoms with E-state index in [1.165, 1.54) is 11.8 Å². The second kappa shape index (κ2) is 16.9. The quantitative estimate of drug-likeness (QED) is 0.0803. The molecule has 0 aliphatic heterocycles. The summed E-state index contributed by atoms with van der Waals surface area (Å²) in [5.41, 5.74) is 1.76. The molecular formula is C32H35N4O10PS. The molecule has 4 aromatic rings. The predicted molar refractivity (Wildman–Crippen MR) is 177 cm³/mol. The number of nitrogens with zero attached hydrogens (tertiary/aromatic N) is 3. The Morgan fingerprint density at radius 2 is 1.54 bits per heavy atom. The maximum Gasteiger partial charge on any atom is 0.510 e. The SMILES string of the molecule is CNC(=O)c1ccccc1Sc1ccc2c(/C=C/c3ccccn3)nn(P(=O)(OCOC(=O)OC(C)C)OCOC(=O)OC(C)C)c2c1. The zero-order valence-corrected chi connectivity index (χ0v) is 28.6. The van der Waals surface area contributed by atoms with E-state index < -0.39 is 45.9 Å². The summed E-state index contributed by atoms with van der Waals surface area (Å²) >= 11 is 1.29. The fourth-order valence-electron chi connectivity index (χ4n) is 4.00. The highest BCUT2D eigenvalue weighted by Gasteiger charge is 2.34. The van der Waals surface area contributed by atoms with Gasteiger partial charge in [0, 0.05) is 28.4 Å². The Hall–Kier alpha value is -4.69. The molecule has 1 amide bonds. The van der Waals surface area contributed by atoms with Crippen molar-refractivity contribution in [2.75, 3.05) is 20.6 Å². The molecule has 0 atom stereocenters. The summed E-state index contributed by atoms with van der Waals surface area (Å²) in [5, 5.41) is 7.72. The molecule has 0 saturated carbocycles. The molecular weight excluding hydrogens is 663 g/mol. The van der Waals surface area contributed by atoms with Crippen LogP contribution in [0.4, 0.5) is 9.59 Å². The largest absolute Gasteiger partial charge is 0.510 e. The van der Waals surface area contributed by atoms with Crippen LogP contribution in [0.3, 0.4) is 0 Å². The van der Waals surface area contributed by atoms with Crippen molar-refractivity contribution in [1.82, 2.24) is 19.9 Å². The summed E-state index contributed by atoms with van der Waals surface area (Å²) in [4.78, 5) is 42.2. The minimum absolute atomic E-state index is 0.260. The van der Waals surface area contributed by atoms with E-state index in [2.05, 4.69) is 15.4 Å². The summed E-state index contributed by atoms with van der Waals surface area (Å²) in [6.07, 6.45) is 1.95. The van der Waals surface area contributed by atoms with Crippen LogP contribution in [0.5, 0.6) is 0 Å². The summed E-state index contributed by atoms with van der Waals surface area (Å²) in [7, 11) is -3.04. The number of aromatic nitrogens is 3. The van der Waals surface area contributed by atoms with E-state index in [1.807, 2.05) is 18.2 Å². The van der Waals surface area contributed by atoms with Crippen LogP contribution in [-0.2, 0) is 32.6 Å². The van der Waals surface area contributed by atoms with E-state index >= 15 is 0 Å². The minimum Gasteiger partial charge on any atom is -0.432 e. The molecule has 0 spiro atoms. The summed E-state index contributed by atoms with van der Waals surface area (Å²) in [5.74, 6) is -0.260. The third-order valence-electron chi connectivity index (χ3n) is 6.03. The molecule has 0 aliphatic rings. The normalized spacial score (nSPS) is 11.6. The van der Waals surface area contributed by atoms with Gasteiger partial charge in [0.05, 0.1) is 34.7 Å². The van der Waals surface area contributed by atoms with Crippen LogP contribution in [0.15, 0.2) is 76.7 Å². The molecule has 0 fully saturated rings. The number of hydrogen-bond donors (Lipinski definition) is 1. The highest BCUT2D eigenvalue weighted by atomic mass is 32.2. The lowest BCUT2D eigenvalue weighted by molar-refractivity contribution is -0.0319. The molecule has 0 unspecified atom stereocenters. The van der Waals surface area contributed by atoms with Gasteiger partial charge in [0.25, 0.3) is 5.91 Å². The molecule has 48 heavy (non-hydrogen) atoms. The maximum atomic E-state index is 14.5. The lowest BCUT2D eigenvalue weighted by Crippen LogP contribution is -2.18. The van der Waals surface area contributed by atoms with Gasteiger partial charge in [0.2, 0.25) is 13.6 Å². The summed E-state index contributed by atoms with van der Waals surface area (Å²) in [6, 6.07) is 17.8. The molecule has 16 heteroatoms. The molecule has 2 heterocycles. The topological polar surface area (TPSA) is 166 Å². The van der Waals surface area contributed by atoms with E-state index in [0.717, 1.165) is 4.45 Å². The highest BCUT2D eigenvalue weighted by molar-refractivity contribution is 7.99. The van der Waals surface area contributed by atoms with Gasteiger partial charge >= 0.3 is 20.1 Å². The second-order valence-corrected chi connectivity index (χ2v) is 13.3. The standard InChI is InChI=1S/C32H35N4O10PS/c1-21(2)45-31(38)41-19-43-47(40,44-20-42-32(39)46-22(3)4)36-28-18-24(48-29-12-7-6-11-26(29)30(37)33-5)14-15-25(28)27(35-36)16-13-23-10-8-9-17-34-23/h6-18,21-22H,19-20H2,1-5H3,(H,33,37)/b16-13+. The fourth-order valence-corrected chi connectivity index (χ4v) is 6.28. The van der Waals surface area contributed by atoms with Crippen LogP contribution in [-0.4, -0.2) is 65.6 Å². The molecule has 0 saturated heterocycles. The Kier molecular flexibility index (Phi) is 12.7. The van der Waals surface area contributed by atoms with Gasteiger partial charge in [0.1, 0.15) is 0 Å². The van der Waals surface area contributed by atoms with Crippen molar-refractivity contribution in [2.24, 2.45) is 0 Å². The number of amides is 1. The van der Waals surface area contributed by atoms with Gasteiger partial charge in [-0.15, -0.1) is 0 Å². The molecule has 14 nitrogen and oxygen atoms in total. The third kappa shape index (κ3) is 9.91. The lowest BCUT2D eigenvalue weighted by Gasteiger charge is -2.19. The Morgan fingerprint density at radius 1 is 0.896 bits per heavy atom. The van der Waals surface area contributed by atoms with Crippen molar-refractivity contribution in [3.05, 3.63) is 83.8 Å². The average molecular weight is 699 g/mol. The molecule has 254 valence electrons. The Balaban J connectivity index is 1.77. The second-order valence-electron chi connectivity index (χ2n) is 10.3. The monoisotopic (exact) mass is 698 g/mol. The summed E-state index contributed by atoms with van der Waals surface area (Å²) < 4.78 is 46.3. The van der Waals surface area contributed by atoms with Crippen molar-refractivity contribution in [3.8, 4) is 0 Å². The van der Waals surface area contributed by atoms with E-state index in [9.17, 15) is 18.9 Å². The molecule has 0 bridgehead atoms. The van der Waals surface area contributed by atoms with Crippen LogP contribution < -0.4 is 5.32 Å². The van der Waals surface area contributed by atoms with Gasteiger partial charge in [-0.25, -0.2) is 14.2 Å². The first kappa shape index (κ1) is 36.2. The average Bonchev–Trinajstić information content (AvgIpc) is 3.42. The number of rotatable bonds is 14.